The molecule has 1 atom stereocenters. The number of nitrogens with zero attached hydrogens (tertiary/aromatic N) is 1. The monoisotopic (exact) mass is 597 g/mol. The molecule has 4 aromatic rings. The number of imidazole rings is 1. The Morgan fingerprint density at radius 3 is 2.50 bits per heavy atom. The smallest absolute Gasteiger partial charge is 0.251 e. The molecule has 40 heavy (non-hydrogen) atoms. The summed E-state index contributed by atoms with van der Waals surface area (Å²) in [6.07, 6.45) is 5.24. The molecule has 3 aromatic carbocycles. The van der Waals surface area contributed by atoms with Gasteiger partial charge in [-0.3, -0.25) is 4.79 Å². The number of aromatic nitrogens is 2. The molecule has 204 valence electrons. The van der Waals surface area contributed by atoms with Gasteiger partial charge in [-0.25, -0.2) is 4.98 Å². The summed E-state index contributed by atoms with van der Waals surface area (Å²) < 4.78 is 0.792. The molecule has 0 unspecified atom stereocenters. The van der Waals surface area contributed by atoms with Crippen molar-refractivity contribution in [1.82, 2.24) is 15.3 Å². The van der Waals surface area contributed by atoms with Crippen LogP contribution >= 0.6 is 15.9 Å². The van der Waals surface area contributed by atoms with Gasteiger partial charge in [0.2, 0.25) is 0 Å². The fourth-order valence-corrected chi connectivity index (χ4v) is 4.81. The number of aliphatic hydroxyl groups is 1. The maximum absolute atomic E-state index is 13.3. The van der Waals surface area contributed by atoms with Crippen LogP contribution in [0.1, 0.15) is 58.7 Å². The van der Waals surface area contributed by atoms with Gasteiger partial charge in [-0.15, -0.1) is 0 Å². The zero-order valence-electron chi connectivity index (χ0n) is 22.5. The molecule has 0 saturated carbocycles. The summed E-state index contributed by atoms with van der Waals surface area (Å²) in [6, 6.07) is 19.8. The highest BCUT2D eigenvalue weighted by molar-refractivity contribution is 9.12. The summed E-state index contributed by atoms with van der Waals surface area (Å²) in [5.74, 6) is 0.197. The lowest BCUT2D eigenvalue weighted by atomic mass is 9.92. The fourth-order valence-electron chi connectivity index (χ4n) is 4.59. The van der Waals surface area contributed by atoms with E-state index in [0.717, 1.165) is 34.3 Å². The van der Waals surface area contributed by atoms with E-state index in [-0.39, 0.29) is 23.5 Å². The van der Waals surface area contributed by atoms with Crippen LogP contribution in [0.4, 0.5) is 0 Å². The van der Waals surface area contributed by atoms with Crippen LogP contribution < -0.4 is 5.32 Å². The first-order valence-corrected chi connectivity index (χ1v) is 13.8. The van der Waals surface area contributed by atoms with Crippen molar-refractivity contribution in [3.8, 4) is 28.3 Å². The molecule has 6 nitrogen and oxygen atoms in total. The number of allylic oxidation sites excluding steroid dienone is 2. The first kappa shape index (κ1) is 28.6. The summed E-state index contributed by atoms with van der Waals surface area (Å²) >= 11 is 3.44. The number of carbonyl (C=O) groups is 1. The van der Waals surface area contributed by atoms with Gasteiger partial charge in [-0.05, 0) is 66.4 Å². The van der Waals surface area contributed by atoms with Crippen LogP contribution in [0.2, 0.25) is 0 Å². The van der Waals surface area contributed by atoms with Crippen molar-refractivity contribution in [2.45, 2.75) is 32.7 Å². The quantitative estimate of drug-likeness (QED) is 0.109. The number of carbonyl (C=O) groups excluding carboxylic acids is 1. The molecular formula is C33H32BrN3O3. The third-order valence-electron chi connectivity index (χ3n) is 6.62. The molecule has 0 saturated heterocycles. The molecule has 0 fully saturated rings. The number of aromatic amines is 1. The van der Waals surface area contributed by atoms with Crippen LogP contribution in [-0.4, -0.2) is 26.1 Å². The molecule has 1 amide bonds. The van der Waals surface area contributed by atoms with E-state index in [9.17, 15) is 15.0 Å². The third-order valence-corrected chi connectivity index (χ3v) is 7.17. The van der Waals surface area contributed by atoms with Crippen molar-refractivity contribution in [3.63, 3.8) is 0 Å². The second-order valence-electron chi connectivity index (χ2n) is 9.49. The predicted octanol–water partition coefficient (Wildman–Crippen LogP) is 8.48. The summed E-state index contributed by atoms with van der Waals surface area (Å²) in [5.41, 5.74) is 5.33. The number of amides is 1. The highest BCUT2D eigenvalue weighted by Crippen LogP contribution is 2.38. The number of aromatic hydroxyl groups is 1. The van der Waals surface area contributed by atoms with E-state index in [2.05, 4.69) is 46.3 Å². The van der Waals surface area contributed by atoms with Crippen LogP contribution in [0.3, 0.4) is 0 Å². The molecule has 1 aromatic heterocycles. The van der Waals surface area contributed by atoms with Crippen LogP contribution in [0.15, 0.2) is 90.4 Å². The minimum absolute atomic E-state index is 0.0538. The number of hydrogen-bond acceptors (Lipinski definition) is 4. The number of aryl methyl sites for hydroxylation is 1. The van der Waals surface area contributed by atoms with Gasteiger partial charge in [0.15, 0.2) is 0 Å². The van der Waals surface area contributed by atoms with Crippen molar-refractivity contribution < 1.29 is 15.0 Å². The minimum atomic E-state index is -0.252. The largest absolute Gasteiger partial charge is 0.508 e. The Morgan fingerprint density at radius 1 is 1.10 bits per heavy atom. The Morgan fingerprint density at radius 2 is 1.82 bits per heavy atom. The van der Waals surface area contributed by atoms with E-state index in [1.807, 2.05) is 43.3 Å². The van der Waals surface area contributed by atoms with Gasteiger partial charge in [-0.2, -0.15) is 0 Å². The normalized spacial score (nSPS) is 12.1. The lowest BCUT2D eigenvalue weighted by Crippen LogP contribution is -2.28. The molecule has 0 bridgehead atoms. The molecule has 0 radical (unpaired) electrons. The molecular weight excluding hydrogens is 566 g/mol. The number of phenolic OH excluding ortho intramolecular Hbond substituents is 1. The fraction of sp³-hybridized carbons (Fsp3) is 0.152. The molecule has 0 aliphatic heterocycles. The lowest BCUT2D eigenvalue weighted by Gasteiger charge is -2.19. The zero-order chi connectivity index (χ0) is 28.8. The Labute approximate surface area is 243 Å². The van der Waals surface area contributed by atoms with Crippen LogP contribution in [0.25, 0.3) is 34.3 Å². The second-order valence-corrected chi connectivity index (χ2v) is 10.4. The lowest BCUT2D eigenvalue weighted by molar-refractivity contribution is 0.0934. The Bertz CT molecular complexity index is 1590. The van der Waals surface area contributed by atoms with Crippen molar-refractivity contribution in [2.75, 3.05) is 0 Å². The number of nitrogens with one attached hydrogen (secondary N) is 2. The number of H-pyrrole nitrogens is 1. The van der Waals surface area contributed by atoms with E-state index in [1.165, 1.54) is 0 Å². The Hall–Kier alpha value is -4.36. The van der Waals surface area contributed by atoms with Crippen molar-refractivity contribution in [3.05, 3.63) is 119 Å². The number of benzene rings is 3. The third kappa shape index (κ3) is 6.43. The van der Waals surface area contributed by atoms with Gasteiger partial charge in [0.05, 0.1) is 11.7 Å². The van der Waals surface area contributed by atoms with Gasteiger partial charge in [0.25, 0.3) is 5.91 Å². The van der Waals surface area contributed by atoms with Gasteiger partial charge < -0.3 is 20.5 Å². The number of aliphatic hydroxyl groups excluding tert-OH is 1. The summed E-state index contributed by atoms with van der Waals surface area (Å²) in [5, 5.41) is 24.1. The van der Waals surface area contributed by atoms with Crippen molar-refractivity contribution >= 4 is 33.7 Å². The average molecular weight is 599 g/mol. The van der Waals surface area contributed by atoms with Gasteiger partial charge in [0, 0.05) is 26.9 Å². The van der Waals surface area contributed by atoms with E-state index >= 15 is 0 Å². The number of hydrogen-bond donors (Lipinski definition) is 4. The predicted molar refractivity (Wildman–Crippen MR) is 166 cm³/mol. The van der Waals surface area contributed by atoms with Crippen LogP contribution in [0.5, 0.6) is 5.75 Å². The molecule has 1 heterocycles. The molecule has 4 rings (SSSR count). The standard InChI is InChI=1S/C33H32BrN3O3/c1-5-10-30(22-11-8-7-9-12-22)37-33(40)23-13-15-26(28(17-23)21(4)38)29-19-25(39)14-16-27(29)32-35-20(3)31(36-32)18-24(34)6-2/h6-9,11-19,30,38-39H,2,4-5,10H2,1,3H3,(H,35,36)(H,37,40)/b24-18+/t30-/m1/s1. The molecule has 0 spiro atoms. The van der Waals surface area contributed by atoms with E-state index in [0.29, 0.717) is 33.6 Å². The number of phenols is 1. The summed E-state index contributed by atoms with van der Waals surface area (Å²) in [6.45, 7) is 11.5. The van der Waals surface area contributed by atoms with Crippen molar-refractivity contribution in [2.24, 2.45) is 0 Å². The number of halogens is 1. The summed E-state index contributed by atoms with van der Waals surface area (Å²) in [7, 11) is 0. The zero-order valence-corrected chi connectivity index (χ0v) is 24.1. The van der Waals surface area contributed by atoms with E-state index in [4.69, 9.17) is 4.98 Å². The first-order valence-electron chi connectivity index (χ1n) is 13.0. The van der Waals surface area contributed by atoms with E-state index in [1.54, 1.807) is 42.5 Å². The maximum atomic E-state index is 13.3. The Kier molecular flexibility index (Phi) is 9.07. The van der Waals surface area contributed by atoms with E-state index < -0.39 is 0 Å². The molecule has 0 aliphatic rings. The molecule has 7 heteroatoms. The van der Waals surface area contributed by atoms with Gasteiger partial charge in [-0.1, -0.05) is 84.9 Å². The minimum Gasteiger partial charge on any atom is -0.508 e. The summed E-state index contributed by atoms with van der Waals surface area (Å²) in [4.78, 5) is 21.4. The van der Waals surface area contributed by atoms with Gasteiger partial charge in [0.1, 0.15) is 17.3 Å². The SMILES string of the molecule is C=C/C(Br)=C\c1nc(-c2ccc(O)cc2-c2ccc(C(=O)N[C@H](CCC)c3ccccc3)cc2C(=C)O)[nH]c1C. The highest BCUT2D eigenvalue weighted by Gasteiger charge is 2.20. The highest BCUT2D eigenvalue weighted by atomic mass is 79.9. The van der Waals surface area contributed by atoms with Gasteiger partial charge >= 0.3 is 0 Å². The molecule has 0 aliphatic carbocycles. The Balaban J connectivity index is 1.75. The van der Waals surface area contributed by atoms with Crippen LogP contribution in [0, 0.1) is 6.92 Å². The second kappa shape index (κ2) is 12.7. The van der Waals surface area contributed by atoms with Crippen LogP contribution in [-0.2, 0) is 0 Å². The molecule has 4 N–H and O–H groups in total. The maximum Gasteiger partial charge on any atom is 0.251 e. The first-order chi connectivity index (χ1) is 19.2. The topological polar surface area (TPSA) is 98.2 Å². The average Bonchev–Trinajstić information content (AvgIpc) is 3.31. The number of rotatable bonds is 10. The van der Waals surface area contributed by atoms with Crippen molar-refractivity contribution in [1.29, 1.82) is 0 Å².